The summed E-state index contributed by atoms with van der Waals surface area (Å²) < 4.78 is 41.0. The van der Waals surface area contributed by atoms with E-state index in [1.165, 1.54) is 12.1 Å². The highest BCUT2D eigenvalue weighted by molar-refractivity contribution is 5.77. The summed E-state index contributed by atoms with van der Waals surface area (Å²) in [5, 5.41) is 3.32. The molecule has 170 valence electrons. The number of nitrogens with zero attached hydrogens (tertiary/aromatic N) is 4. The van der Waals surface area contributed by atoms with Gasteiger partial charge in [-0.05, 0) is 36.8 Å². The molecule has 2 aromatic heterocycles. The van der Waals surface area contributed by atoms with Crippen LogP contribution in [0.4, 0.5) is 19.1 Å². The van der Waals surface area contributed by atoms with E-state index in [0.29, 0.717) is 23.0 Å². The summed E-state index contributed by atoms with van der Waals surface area (Å²) in [5.74, 6) is 0.919. The first-order valence-electron chi connectivity index (χ1n) is 10.7. The summed E-state index contributed by atoms with van der Waals surface area (Å²) in [7, 11) is 0. The molecule has 1 N–H and O–H groups in total. The Morgan fingerprint density at radius 3 is 2.29 bits per heavy atom. The topological polar surface area (TPSA) is 55.6 Å². The number of hydrogen-bond acceptors (Lipinski definition) is 4. The molecule has 0 unspecified atom stereocenters. The van der Waals surface area contributed by atoms with Crippen molar-refractivity contribution in [2.45, 2.75) is 19.1 Å². The van der Waals surface area contributed by atoms with Crippen LogP contribution in [0.3, 0.4) is 0 Å². The second kappa shape index (κ2) is 8.62. The summed E-state index contributed by atoms with van der Waals surface area (Å²) in [6.45, 7) is 2.00. The highest BCUT2D eigenvalue weighted by atomic mass is 19.4. The van der Waals surface area contributed by atoms with Gasteiger partial charge in [-0.15, -0.1) is 0 Å². The number of aromatic nitrogens is 4. The van der Waals surface area contributed by atoms with E-state index in [9.17, 15) is 13.2 Å². The minimum atomic E-state index is -4.40. The molecule has 8 heteroatoms. The first kappa shape index (κ1) is 21.6. The zero-order valence-corrected chi connectivity index (χ0v) is 18.2. The third kappa shape index (κ3) is 4.34. The maximum atomic E-state index is 13.0. The Morgan fingerprint density at radius 1 is 0.853 bits per heavy atom. The van der Waals surface area contributed by atoms with E-state index in [4.69, 9.17) is 4.98 Å². The van der Waals surface area contributed by atoms with Gasteiger partial charge in [0.05, 0.1) is 28.3 Å². The first-order chi connectivity index (χ1) is 16.4. The Hall–Kier alpha value is -4.20. The molecule has 5 aromatic rings. The SMILES string of the molecule is C[C@H](Nc1nc(-c2ccc(C(F)(F)F)cc2)cc(-n2cnc3ccccc32)n1)c1ccccc1. The molecule has 3 aromatic carbocycles. The van der Waals surface area contributed by atoms with Gasteiger partial charge in [0.15, 0.2) is 0 Å². The smallest absolute Gasteiger partial charge is 0.348 e. The summed E-state index contributed by atoms with van der Waals surface area (Å²) >= 11 is 0. The molecule has 1 atom stereocenters. The fraction of sp³-hybridized carbons (Fsp3) is 0.115. The normalized spacial score (nSPS) is 12.6. The van der Waals surface area contributed by atoms with Gasteiger partial charge in [-0.1, -0.05) is 54.6 Å². The number of anilines is 1. The summed E-state index contributed by atoms with van der Waals surface area (Å²) in [4.78, 5) is 13.7. The van der Waals surface area contributed by atoms with Crippen molar-refractivity contribution in [2.75, 3.05) is 5.32 Å². The van der Waals surface area contributed by atoms with Gasteiger partial charge in [0.25, 0.3) is 0 Å². The first-order valence-corrected chi connectivity index (χ1v) is 10.7. The van der Waals surface area contributed by atoms with Crippen molar-refractivity contribution in [3.05, 3.63) is 102 Å². The number of halogens is 3. The molecule has 0 amide bonds. The van der Waals surface area contributed by atoms with Crippen LogP contribution in [0.15, 0.2) is 91.3 Å². The van der Waals surface area contributed by atoms with Crippen molar-refractivity contribution in [1.29, 1.82) is 0 Å². The number of benzene rings is 3. The van der Waals surface area contributed by atoms with Crippen LogP contribution >= 0.6 is 0 Å². The van der Waals surface area contributed by atoms with Gasteiger partial charge in [-0.2, -0.15) is 18.2 Å². The van der Waals surface area contributed by atoms with Gasteiger partial charge in [0.2, 0.25) is 5.95 Å². The Bertz CT molecular complexity index is 1430. The lowest BCUT2D eigenvalue weighted by atomic mass is 10.1. The van der Waals surface area contributed by atoms with Gasteiger partial charge in [0.1, 0.15) is 12.1 Å². The highest BCUT2D eigenvalue weighted by Crippen LogP contribution is 2.31. The fourth-order valence-electron chi connectivity index (χ4n) is 3.76. The van der Waals surface area contributed by atoms with Gasteiger partial charge in [0, 0.05) is 11.6 Å². The second-order valence-electron chi connectivity index (χ2n) is 7.89. The molecule has 0 aliphatic rings. The van der Waals surface area contributed by atoms with Crippen LogP contribution in [-0.4, -0.2) is 19.5 Å². The number of imidazole rings is 1. The van der Waals surface area contributed by atoms with E-state index < -0.39 is 11.7 Å². The van der Waals surface area contributed by atoms with E-state index in [-0.39, 0.29) is 6.04 Å². The fourth-order valence-corrected chi connectivity index (χ4v) is 3.76. The molecule has 0 aliphatic carbocycles. The summed E-state index contributed by atoms with van der Waals surface area (Å²) in [6.07, 6.45) is -2.73. The molecular weight excluding hydrogens is 439 g/mol. The lowest BCUT2D eigenvalue weighted by molar-refractivity contribution is -0.137. The number of rotatable bonds is 5. The van der Waals surface area contributed by atoms with Crippen molar-refractivity contribution in [2.24, 2.45) is 0 Å². The Kier molecular flexibility index (Phi) is 5.49. The van der Waals surface area contributed by atoms with Crippen LogP contribution in [0, 0.1) is 0 Å². The number of nitrogens with one attached hydrogen (secondary N) is 1. The van der Waals surface area contributed by atoms with Crippen molar-refractivity contribution in [1.82, 2.24) is 19.5 Å². The third-order valence-corrected chi connectivity index (χ3v) is 5.57. The van der Waals surface area contributed by atoms with E-state index >= 15 is 0 Å². The molecule has 0 fully saturated rings. The van der Waals surface area contributed by atoms with Crippen molar-refractivity contribution >= 4 is 17.0 Å². The zero-order chi connectivity index (χ0) is 23.7. The predicted octanol–water partition coefficient (Wildman–Crippen LogP) is 6.67. The molecule has 0 spiro atoms. The Morgan fingerprint density at radius 2 is 1.56 bits per heavy atom. The third-order valence-electron chi connectivity index (χ3n) is 5.57. The number of alkyl halides is 3. The van der Waals surface area contributed by atoms with Crippen molar-refractivity contribution in [3.8, 4) is 17.1 Å². The number of fused-ring (bicyclic) bond motifs is 1. The van der Waals surface area contributed by atoms with Gasteiger partial charge >= 0.3 is 6.18 Å². The van der Waals surface area contributed by atoms with Crippen LogP contribution in [0.1, 0.15) is 24.1 Å². The van der Waals surface area contributed by atoms with Crippen LogP contribution in [0.5, 0.6) is 0 Å². The summed E-state index contributed by atoms with van der Waals surface area (Å²) in [6, 6.07) is 24.1. The van der Waals surface area contributed by atoms with Gasteiger partial charge in [-0.3, -0.25) is 4.57 Å². The van der Waals surface area contributed by atoms with Crippen molar-refractivity contribution in [3.63, 3.8) is 0 Å². The average Bonchev–Trinajstić information content (AvgIpc) is 3.28. The number of hydrogen-bond donors (Lipinski definition) is 1. The quantitative estimate of drug-likeness (QED) is 0.319. The molecule has 34 heavy (non-hydrogen) atoms. The van der Waals surface area contributed by atoms with Gasteiger partial charge < -0.3 is 5.32 Å². The van der Waals surface area contributed by atoms with E-state index in [1.807, 2.05) is 66.1 Å². The molecule has 5 rings (SSSR count). The van der Waals surface area contributed by atoms with Gasteiger partial charge in [-0.25, -0.2) is 9.97 Å². The maximum Gasteiger partial charge on any atom is 0.416 e. The number of para-hydroxylation sites is 2. The molecule has 0 radical (unpaired) electrons. The van der Waals surface area contributed by atoms with E-state index in [2.05, 4.69) is 15.3 Å². The van der Waals surface area contributed by atoms with Crippen LogP contribution in [-0.2, 0) is 6.18 Å². The lowest BCUT2D eigenvalue weighted by Crippen LogP contribution is -2.11. The molecule has 2 heterocycles. The lowest BCUT2D eigenvalue weighted by Gasteiger charge is -2.16. The Balaban J connectivity index is 1.59. The highest BCUT2D eigenvalue weighted by Gasteiger charge is 2.30. The molecular formula is C26H20F3N5. The monoisotopic (exact) mass is 459 g/mol. The van der Waals surface area contributed by atoms with Crippen molar-refractivity contribution < 1.29 is 13.2 Å². The van der Waals surface area contributed by atoms with E-state index in [1.54, 1.807) is 12.4 Å². The molecule has 0 bridgehead atoms. The van der Waals surface area contributed by atoms with Crippen LogP contribution < -0.4 is 5.32 Å². The maximum absolute atomic E-state index is 13.0. The average molecular weight is 459 g/mol. The standard InChI is InChI=1S/C26H20F3N5/c1-17(18-7-3-2-4-8-18)31-25-32-22(19-11-13-20(14-12-19)26(27,28)29)15-24(33-25)34-16-30-21-9-5-6-10-23(21)34/h2-17H,1H3,(H,31,32,33)/t17-/m0/s1. The second-order valence-corrected chi connectivity index (χ2v) is 7.89. The molecule has 0 aliphatic heterocycles. The minimum absolute atomic E-state index is 0.0866. The molecule has 0 saturated carbocycles. The zero-order valence-electron chi connectivity index (χ0n) is 18.2. The minimum Gasteiger partial charge on any atom is -0.348 e. The predicted molar refractivity (Wildman–Crippen MR) is 126 cm³/mol. The van der Waals surface area contributed by atoms with E-state index in [0.717, 1.165) is 28.7 Å². The van der Waals surface area contributed by atoms with Crippen LogP contribution in [0.2, 0.25) is 0 Å². The van der Waals surface area contributed by atoms with Crippen LogP contribution in [0.25, 0.3) is 28.1 Å². The largest absolute Gasteiger partial charge is 0.416 e. The summed E-state index contributed by atoms with van der Waals surface area (Å²) in [5.41, 5.74) is 3.07. The Labute approximate surface area is 194 Å². The molecule has 0 saturated heterocycles. The molecule has 5 nitrogen and oxygen atoms in total.